The molecule has 2 aromatic rings. The second-order valence-electron chi connectivity index (χ2n) is 5.19. The van der Waals surface area contributed by atoms with E-state index < -0.39 is 0 Å². The van der Waals surface area contributed by atoms with E-state index in [4.69, 9.17) is 22.6 Å². The third kappa shape index (κ3) is 3.34. The molecule has 1 aromatic heterocycles. The topological polar surface area (TPSA) is 67.6 Å². The maximum atomic E-state index is 8.84. The summed E-state index contributed by atoms with van der Waals surface area (Å²) in [5.41, 5.74) is 7.81. The van der Waals surface area contributed by atoms with Crippen LogP contribution in [0.2, 0.25) is 5.02 Å². The van der Waals surface area contributed by atoms with Crippen molar-refractivity contribution in [2.75, 3.05) is 0 Å². The van der Waals surface area contributed by atoms with Gasteiger partial charge in [-0.05, 0) is 32.0 Å². The van der Waals surface area contributed by atoms with Crippen LogP contribution in [0.1, 0.15) is 19.4 Å². The number of benzene rings is 1. The lowest BCUT2D eigenvalue weighted by molar-refractivity contribution is 0.409. The predicted octanol–water partition coefficient (Wildman–Crippen LogP) is 2.81. The minimum Gasteiger partial charge on any atom is -0.324 e. The summed E-state index contributed by atoms with van der Waals surface area (Å²) in [6.45, 7) is 4.54. The van der Waals surface area contributed by atoms with E-state index in [2.05, 4.69) is 5.10 Å². The molecule has 98 valence electrons. The molecule has 0 amide bonds. The molecule has 5 heteroatoms. The van der Waals surface area contributed by atoms with E-state index in [1.165, 1.54) is 0 Å². The fraction of sp³-hybridized carbons (Fsp3) is 0.286. The Kier molecular flexibility index (Phi) is 3.61. The molecule has 0 aliphatic carbocycles. The Hall–Kier alpha value is -1.83. The second kappa shape index (κ2) is 5.04. The van der Waals surface area contributed by atoms with Gasteiger partial charge in [0.2, 0.25) is 0 Å². The minimum atomic E-state index is -0.314. The molecule has 0 fully saturated rings. The summed E-state index contributed by atoms with van der Waals surface area (Å²) in [7, 11) is 0. The molecule has 0 saturated heterocycles. The first-order chi connectivity index (χ1) is 8.89. The van der Waals surface area contributed by atoms with Crippen LogP contribution in [0.25, 0.3) is 11.3 Å². The molecule has 0 atom stereocenters. The van der Waals surface area contributed by atoms with Crippen molar-refractivity contribution in [2.45, 2.75) is 25.9 Å². The summed E-state index contributed by atoms with van der Waals surface area (Å²) >= 11 is 6.02. The summed E-state index contributed by atoms with van der Waals surface area (Å²) in [6.07, 6.45) is 1.88. The van der Waals surface area contributed by atoms with Gasteiger partial charge in [0.15, 0.2) is 0 Å². The average molecular weight is 275 g/mol. The first kappa shape index (κ1) is 13.6. The van der Waals surface area contributed by atoms with Crippen molar-refractivity contribution in [3.63, 3.8) is 0 Å². The molecule has 0 saturated carbocycles. The highest BCUT2D eigenvalue weighted by Crippen LogP contribution is 2.24. The number of rotatable bonds is 3. The highest BCUT2D eigenvalue weighted by atomic mass is 35.5. The zero-order valence-corrected chi connectivity index (χ0v) is 11.6. The van der Waals surface area contributed by atoms with Crippen LogP contribution in [0.15, 0.2) is 30.5 Å². The quantitative estimate of drug-likeness (QED) is 0.936. The van der Waals surface area contributed by atoms with Crippen LogP contribution in [0, 0.1) is 11.3 Å². The van der Waals surface area contributed by atoms with Gasteiger partial charge < -0.3 is 5.73 Å². The first-order valence-corrected chi connectivity index (χ1v) is 6.29. The van der Waals surface area contributed by atoms with E-state index in [-0.39, 0.29) is 5.54 Å². The Morgan fingerprint density at radius 1 is 1.42 bits per heavy atom. The molecule has 1 aromatic carbocycles. The van der Waals surface area contributed by atoms with Crippen molar-refractivity contribution in [3.05, 3.63) is 41.0 Å². The van der Waals surface area contributed by atoms with Gasteiger partial charge in [-0.2, -0.15) is 10.4 Å². The minimum absolute atomic E-state index is 0.314. The standard InChI is InChI=1S/C14H15ClN4/c1-14(2,17)9-19-6-5-13(18-19)10-3-4-11(8-16)12(15)7-10/h3-7H,9,17H2,1-2H3. The van der Waals surface area contributed by atoms with Gasteiger partial charge in [0.1, 0.15) is 6.07 Å². The fourth-order valence-corrected chi connectivity index (χ4v) is 2.01. The maximum Gasteiger partial charge on any atom is 0.101 e. The first-order valence-electron chi connectivity index (χ1n) is 5.91. The molecule has 2 rings (SSSR count). The van der Waals surface area contributed by atoms with Crippen LogP contribution >= 0.6 is 11.6 Å². The van der Waals surface area contributed by atoms with Gasteiger partial charge in [0, 0.05) is 17.3 Å². The largest absolute Gasteiger partial charge is 0.324 e. The van der Waals surface area contributed by atoms with E-state index in [1.54, 1.807) is 16.8 Å². The summed E-state index contributed by atoms with van der Waals surface area (Å²) in [5.74, 6) is 0. The lowest BCUT2D eigenvalue weighted by Gasteiger charge is -2.17. The molecule has 0 aliphatic rings. The fourth-order valence-electron chi connectivity index (χ4n) is 1.79. The van der Waals surface area contributed by atoms with Crippen LogP contribution in [-0.4, -0.2) is 15.3 Å². The van der Waals surface area contributed by atoms with Crippen LogP contribution in [0.5, 0.6) is 0 Å². The van der Waals surface area contributed by atoms with Crippen LogP contribution < -0.4 is 5.73 Å². The third-order valence-corrected chi connectivity index (χ3v) is 2.91. The zero-order valence-electron chi connectivity index (χ0n) is 10.9. The van der Waals surface area contributed by atoms with Gasteiger partial charge in [-0.25, -0.2) is 0 Å². The Labute approximate surface area is 117 Å². The molecule has 0 aliphatic heterocycles. The van der Waals surface area contributed by atoms with E-state index >= 15 is 0 Å². The third-order valence-electron chi connectivity index (χ3n) is 2.60. The van der Waals surface area contributed by atoms with Crippen LogP contribution in [-0.2, 0) is 6.54 Å². The van der Waals surface area contributed by atoms with Crippen molar-refractivity contribution >= 4 is 11.6 Å². The van der Waals surface area contributed by atoms with E-state index in [0.717, 1.165) is 11.3 Å². The van der Waals surface area contributed by atoms with Gasteiger partial charge in [-0.1, -0.05) is 17.7 Å². The number of hydrogen-bond acceptors (Lipinski definition) is 3. The van der Waals surface area contributed by atoms with E-state index in [1.807, 2.05) is 38.2 Å². The van der Waals surface area contributed by atoms with Gasteiger partial charge in [-0.15, -0.1) is 0 Å². The van der Waals surface area contributed by atoms with Crippen LogP contribution in [0.4, 0.5) is 0 Å². The summed E-state index contributed by atoms with van der Waals surface area (Å²) in [5, 5.41) is 13.7. The van der Waals surface area contributed by atoms with E-state index in [0.29, 0.717) is 17.1 Å². The van der Waals surface area contributed by atoms with Gasteiger partial charge >= 0.3 is 0 Å². The van der Waals surface area contributed by atoms with Gasteiger partial charge in [0.25, 0.3) is 0 Å². The van der Waals surface area contributed by atoms with Crippen molar-refractivity contribution in [1.82, 2.24) is 9.78 Å². The molecule has 0 spiro atoms. The van der Waals surface area contributed by atoms with Crippen molar-refractivity contribution < 1.29 is 0 Å². The lowest BCUT2D eigenvalue weighted by Crippen LogP contribution is -2.37. The second-order valence-corrected chi connectivity index (χ2v) is 5.60. The maximum absolute atomic E-state index is 8.84. The molecular formula is C14H15ClN4. The monoisotopic (exact) mass is 274 g/mol. The summed E-state index contributed by atoms with van der Waals surface area (Å²) in [6, 6.07) is 9.23. The SMILES string of the molecule is CC(C)(N)Cn1ccc(-c2ccc(C#N)c(Cl)c2)n1. The summed E-state index contributed by atoms with van der Waals surface area (Å²) < 4.78 is 1.81. The average Bonchev–Trinajstić information content (AvgIpc) is 2.75. The molecule has 0 bridgehead atoms. The zero-order chi connectivity index (χ0) is 14.0. The van der Waals surface area contributed by atoms with Crippen LogP contribution in [0.3, 0.4) is 0 Å². The normalized spacial score (nSPS) is 11.3. The molecule has 0 unspecified atom stereocenters. The number of hydrogen-bond donors (Lipinski definition) is 1. The number of aromatic nitrogens is 2. The summed E-state index contributed by atoms with van der Waals surface area (Å²) in [4.78, 5) is 0. The molecular weight excluding hydrogens is 260 g/mol. The number of nitrogens with zero attached hydrogens (tertiary/aromatic N) is 3. The number of halogens is 1. The molecule has 1 heterocycles. The highest BCUT2D eigenvalue weighted by Gasteiger charge is 2.13. The molecule has 19 heavy (non-hydrogen) atoms. The Balaban J connectivity index is 2.28. The molecule has 4 nitrogen and oxygen atoms in total. The van der Waals surface area contributed by atoms with Crippen molar-refractivity contribution in [3.8, 4) is 17.3 Å². The Morgan fingerprint density at radius 2 is 2.16 bits per heavy atom. The highest BCUT2D eigenvalue weighted by molar-refractivity contribution is 6.32. The lowest BCUT2D eigenvalue weighted by atomic mass is 10.1. The van der Waals surface area contributed by atoms with Gasteiger partial charge in [0.05, 0.1) is 22.8 Å². The Morgan fingerprint density at radius 3 is 2.74 bits per heavy atom. The van der Waals surface area contributed by atoms with Crippen molar-refractivity contribution in [2.24, 2.45) is 5.73 Å². The smallest absolute Gasteiger partial charge is 0.101 e. The number of nitrogens with two attached hydrogens (primary N) is 1. The van der Waals surface area contributed by atoms with Gasteiger partial charge in [-0.3, -0.25) is 4.68 Å². The molecule has 2 N–H and O–H groups in total. The van der Waals surface area contributed by atoms with Crippen molar-refractivity contribution in [1.29, 1.82) is 5.26 Å². The number of nitriles is 1. The molecule has 0 radical (unpaired) electrons. The Bertz CT molecular complexity index is 632. The predicted molar refractivity (Wildman–Crippen MR) is 75.7 cm³/mol. The van der Waals surface area contributed by atoms with E-state index in [9.17, 15) is 0 Å².